The normalized spacial score (nSPS) is 23.1. The second-order valence-corrected chi connectivity index (χ2v) is 6.48. The number of allylic oxidation sites excluding steroid dienone is 1. The third-order valence-corrected chi connectivity index (χ3v) is 5.43. The monoisotopic (exact) mass is 306 g/mol. The molecule has 0 saturated carbocycles. The Balaban J connectivity index is 1.94. The summed E-state index contributed by atoms with van der Waals surface area (Å²) in [6.45, 7) is 1.79. The minimum absolute atomic E-state index is 0.0613. The lowest BCUT2D eigenvalue weighted by Crippen LogP contribution is -2.51. The average molecular weight is 306 g/mol. The third kappa shape index (κ3) is 1.94. The van der Waals surface area contributed by atoms with Crippen LogP contribution in [-0.2, 0) is 9.59 Å². The van der Waals surface area contributed by atoms with Crippen LogP contribution in [0.25, 0.3) is 0 Å². The molecule has 2 aliphatic rings. The summed E-state index contributed by atoms with van der Waals surface area (Å²) in [5.41, 5.74) is 0.719. The Hall–Kier alpha value is -1.73. The van der Waals surface area contributed by atoms with Gasteiger partial charge in [-0.3, -0.25) is 9.69 Å². The molecule has 1 atom stereocenters. The van der Waals surface area contributed by atoms with Crippen LogP contribution in [0.5, 0.6) is 0 Å². The van der Waals surface area contributed by atoms with Crippen LogP contribution in [0.3, 0.4) is 0 Å². The van der Waals surface area contributed by atoms with E-state index in [9.17, 15) is 14.7 Å². The maximum atomic E-state index is 11.9. The van der Waals surface area contributed by atoms with Crippen molar-refractivity contribution in [1.82, 2.24) is 9.88 Å². The van der Waals surface area contributed by atoms with Gasteiger partial charge in [-0.05, 0) is 19.1 Å². The van der Waals surface area contributed by atoms with Crippen LogP contribution in [0.4, 0.5) is 0 Å². The number of aliphatic carboxylic acids is 1. The van der Waals surface area contributed by atoms with Gasteiger partial charge in [0.2, 0.25) is 0 Å². The zero-order chi connectivity index (χ0) is 14.3. The lowest BCUT2D eigenvalue weighted by Gasteiger charge is -2.36. The topological polar surface area (TPSA) is 70.5 Å². The highest BCUT2D eigenvalue weighted by Crippen LogP contribution is 2.53. The van der Waals surface area contributed by atoms with Gasteiger partial charge in [-0.25, -0.2) is 9.78 Å². The average Bonchev–Trinajstić information content (AvgIpc) is 2.76. The number of carboxylic acids is 1. The molecule has 1 saturated heterocycles. The second kappa shape index (κ2) is 4.99. The lowest BCUT2D eigenvalue weighted by molar-refractivity contribution is -0.141. The van der Waals surface area contributed by atoms with Crippen molar-refractivity contribution in [3.8, 4) is 0 Å². The highest BCUT2D eigenvalue weighted by Gasteiger charge is 2.52. The van der Waals surface area contributed by atoms with Crippen LogP contribution in [0.2, 0.25) is 0 Å². The molecule has 102 valence electrons. The molecule has 5 nitrogen and oxygen atoms in total. The SMILES string of the molecule is CC=C1C(=O)N2C(C(=O)O)=C(Sc3ccccn3)S[C@H]12. The van der Waals surface area contributed by atoms with Crippen LogP contribution < -0.4 is 0 Å². The highest BCUT2D eigenvalue weighted by molar-refractivity contribution is 8.22. The Morgan fingerprint density at radius 1 is 1.55 bits per heavy atom. The molecule has 3 heterocycles. The predicted octanol–water partition coefficient (Wildman–Crippen LogP) is 2.29. The number of carboxylic acid groups (broad SMARTS) is 1. The number of fused-ring (bicyclic) bond motifs is 1. The summed E-state index contributed by atoms with van der Waals surface area (Å²) in [7, 11) is 0. The van der Waals surface area contributed by atoms with E-state index < -0.39 is 5.97 Å². The van der Waals surface area contributed by atoms with Crippen LogP contribution in [0, 0.1) is 0 Å². The molecule has 0 aliphatic carbocycles. The van der Waals surface area contributed by atoms with Gasteiger partial charge in [0.15, 0.2) is 5.70 Å². The molecule has 1 amide bonds. The van der Waals surface area contributed by atoms with Gasteiger partial charge in [0.05, 0.1) is 4.24 Å². The van der Waals surface area contributed by atoms with E-state index in [0.29, 0.717) is 14.8 Å². The quantitative estimate of drug-likeness (QED) is 0.682. The number of carbonyl (C=O) groups is 2. The first-order chi connectivity index (χ1) is 9.63. The zero-order valence-corrected chi connectivity index (χ0v) is 12.1. The van der Waals surface area contributed by atoms with Gasteiger partial charge in [-0.1, -0.05) is 35.7 Å². The fourth-order valence-corrected chi connectivity index (χ4v) is 4.67. The molecule has 7 heteroatoms. The molecule has 0 aromatic carbocycles. The fraction of sp³-hybridized carbons (Fsp3) is 0.154. The summed E-state index contributed by atoms with van der Waals surface area (Å²) in [6, 6.07) is 5.45. The minimum atomic E-state index is -1.08. The van der Waals surface area contributed by atoms with Crippen molar-refractivity contribution in [1.29, 1.82) is 0 Å². The van der Waals surface area contributed by atoms with Crippen molar-refractivity contribution < 1.29 is 14.7 Å². The first-order valence-corrected chi connectivity index (χ1v) is 7.56. The molecule has 20 heavy (non-hydrogen) atoms. The summed E-state index contributed by atoms with van der Waals surface area (Å²) in [5, 5.41) is 9.85. The molecule has 0 unspecified atom stereocenters. The minimum Gasteiger partial charge on any atom is -0.477 e. The largest absolute Gasteiger partial charge is 0.477 e. The van der Waals surface area contributed by atoms with E-state index >= 15 is 0 Å². The molecular formula is C13H10N2O3S2. The molecular weight excluding hydrogens is 296 g/mol. The van der Waals surface area contributed by atoms with Crippen molar-refractivity contribution in [3.63, 3.8) is 0 Å². The van der Waals surface area contributed by atoms with Crippen LogP contribution in [0.15, 0.2) is 51.0 Å². The van der Waals surface area contributed by atoms with Gasteiger partial charge in [-0.15, -0.1) is 0 Å². The summed E-state index contributed by atoms with van der Waals surface area (Å²) in [4.78, 5) is 28.8. The number of thioether (sulfide) groups is 2. The number of hydrogen-bond donors (Lipinski definition) is 1. The molecule has 0 bridgehead atoms. The van der Waals surface area contributed by atoms with Gasteiger partial charge in [0.25, 0.3) is 5.91 Å². The molecule has 1 fully saturated rings. The van der Waals surface area contributed by atoms with E-state index in [-0.39, 0.29) is 17.0 Å². The highest BCUT2D eigenvalue weighted by atomic mass is 32.2. The smallest absolute Gasteiger partial charge is 0.354 e. The van der Waals surface area contributed by atoms with Gasteiger partial charge < -0.3 is 5.11 Å². The Morgan fingerprint density at radius 3 is 2.95 bits per heavy atom. The van der Waals surface area contributed by atoms with Crippen molar-refractivity contribution in [2.75, 3.05) is 0 Å². The molecule has 1 N–H and O–H groups in total. The molecule has 2 aliphatic heterocycles. The van der Waals surface area contributed by atoms with Crippen molar-refractivity contribution in [2.45, 2.75) is 17.3 Å². The van der Waals surface area contributed by atoms with Crippen LogP contribution in [0.1, 0.15) is 6.92 Å². The Morgan fingerprint density at radius 2 is 2.35 bits per heavy atom. The van der Waals surface area contributed by atoms with Crippen molar-refractivity contribution >= 4 is 35.4 Å². The van der Waals surface area contributed by atoms with Crippen molar-refractivity contribution in [3.05, 3.63) is 46.0 Å². The van der Waals surface area contributed by atoms with E-state index in [0.717, 1.165) is 0 Å². The van der Waals surface area contributed by atoms with Crippen LogP contribution in [-0.4, -0.2) is 32.2 Å². The van der Waals surface area contributed by atoms with Crippen LogP contribution >= 0.6 is 23.5 Å². The predicted molar refractivity (Wildman–Crippen MR) is 76.7 cm³/mol. The van der Waals surface area contributed by atoms with Gasteiger partial charge >= 0.3 is 5.97 Å². The number of β-lactam (4-membered cyclic amide) rings is 1. The number of amides is 1. The number of nitrogens with zero attached hydrogens (tertiary/aromatic N) is 2. The first-order valence-electron chi connectivity index (χ1n) is 5.86. The summed E-state index contributed by atoms with van der Waals surface area (Å²) in [6.07, 6.45) is 3.39. The number of hydrogen-bond acceptors (Lipinski definition) is 5. The Kier molecular flexibility index (Phi) is 3.31. The zero-order valence-electron chi connectivity index (χ0n) is 10.4. The maximum Gasteiger partial charge on any atom is 0.354 e. The standard InChI is InChI=1S/C13H10N2O3S2/c1-2-7-10(16)15-9(12(17)18)13(20-11(7)15)19-8-5-3-4-6-14-8/h2-6,11H,1H3,(H,17,18)/t11-/m1/s1. The van der Waals surface area contributed by atoms with Gasteiger partial charge in [0.1, 0.15) is 10.4 Å². The molecule has 0 spiro atoms. The number of rotatable bonds is 3. The van der Waals surface area contributed by atoms with E-state index in [1.165, 1.54) is 28.4 Å². The summed E-state index contributed by atoms with van der Waals surface area (Å²) in [5.74, 6) is -1.30. The molecule has 1 aromatic heterocycles. The molecule has 0 radical (unpaired) electrons. The van der Waals surface area contributed by atoms with E-state index in [1.807, 2.05) is 12.1 Å². The maximum absolute atomic E-state index is 11.9. The summed E-state index contributed by atoms with van der Waals surface area (Å²) >= 11 is 2.67. The Labute approximate surface area is 123 Å². The number of pyridine rings is 1. The first kappa shape index (κ1) is 13.3. The molecule has 3 rings (SSSR count). The van der Waals surface area contributed by atoms with Gasteiger partial charge in [0, 0.05) is 11.8 Å². The number of aromatic nitrogens is 1. The van der Waals surface area contributed by atoms with E-state index in [1.54, 1.807) is 25.3 Å². The Bertz CT molecular complexity index is 655. The van der Waals surface area contributed by atoms with E-state index in [2.05, 4.69) is 4.98 Å². The lowest BCUT2D eigenvalue weighted by atomic mass is 10.1. The summed E-state index contributed by atoms with van der Waals surface area (Å²) < 4.78 is 0.603. The van der Waals surface area contributed by atoms with Gasteiger partial charge in [-0.2, -0.15) is 0 Å². The third-order valence-electron chi connectivity index (χ3n) is 2.97. The second-order valence-electron chi connectivity index (χ2n) is 4.10. The molecule has 1 aromatic rings. The van der Waals surface area contributed by atoms with E-state index in [4.69, 9.17) is 0 Å². The fourth-order valence-electron chi connectivity index (χ4n) is 2.05. The van der Waals surface area contributed by atoms with Crippen molar-refractivity contribution in [2.24, 2.45) is 0 Å². The number of carbonyl (C=O) groups excluding carboxylic acids is 1.